The molecule has 1 aromatic heterocycles. The maximum atomic E-state index is 5.36. The van der Waals surface area contributed by atoms with E-state index < -0.39 is 0 Å². The fraction of sp³-hybridized carbons (Fsp3) is 0.421. The summed E-state index contributed by atoms with van der Waals surface area (Å²) in [7, 11) is 6.18. The lowest BCUT2D eigenvalue weighted by atomic mass is 10.2. The fourth-order valence-corrected chi connectivity index (χ4v) is 2.48. The molecular weight excluding hydrogens is 427 g/mol. The van der Waals surface area contributed by atoms with E-state index in [1.165, 1.54) is 11.3 Å². The van der Waals surface area contributed by atoms with E-state index in [1.54, 1.807) is 6.26 Å². The second-order valence-corrected chi connectivity index (χ2v) is 5.99. The van der Waals surface area contributed by atoms with Crippen LogP contribution in [-0.2, 0) is 13.0 Å². The monoisotopic (exact) mass is 456 g/mol. The number of hydrogen-bond acceptors (Lipinski definition) is 3. The number of halogens is 1. The molecule has 25 heavy (non-hydrogen) atoms. The van der Waals surface area contributed by atoms with Crippen molar-refractivity contribution in [3.63, 3.8) is 0 Å². The van der Waals surface area contributed by atoms with Crippen LogP contribution in [0, 0.1) is 0 Å². The third kappa shape index (κ3) is 6.97. The number of rotatable bonds is 7. The van der Waals surface area contributed by atoms with Crippen LogP contribution >= 0.6 is 24.0 Å². The Labute approximate surface area is 168 Å². The summed E-state index contributed by atoms with van der Waals surface area (Å²) >= 11 is 0. The minimum atomic E-state index is 0. The SMILES string of the molecule is CCNC(=NCCc1ccco1)N(C)Cc1cccc(N(C)C)c1.I. The van der Waals surface area contributed by atoms with Gasteiger partial charge >= 0.3 is 0 Å². The van der Waals surface area contributed by atoms with Gasteiger partial charge in [-0.05, 0) is 36.8 Å². The van der Waals surface area contributed by atoms with Gasteiger partial charge in [0.1, 0.15) is 5.76 Å². The van der Waals surface area contributed by atoms with E-state index in [0.717, 1.165) is 31.2 Å². The first-order valence-corrected chi connectivity index (χ1v) is 8.38. The molecule has 0 radical (unpaired) electrons. The molecule has 0 spiro atoms. The average Bonchev–Trinajstić information content (AvgIpc) is 3.07. The van der Waals surface area contributed by atoms with Crippen LogP contribution in [0.5, 0.6) is 0 Å². The Balaban J connectivity index is 0.00000312. The second kappa shape index (κ2) is 11.0. The fourth-order valence-electron chi connectivity index (χ4n) is 2.48. The molecule has 0 bridgehead atoms. The predicted molar refractivity (Wildman–Crippen MR) is 116 cm³/mol. The minimum absolute atomic E-state index is 0. The van der Waals surface area contributed by atoms with Crippen LogP contribution in [-0.4, -0.2) is 45.1 Å². The molecule has 2 aromatic rings. The van der Waals surface area contributed by atoms with Crippen LogP contribution in [0.15, 0.2) is 52.1 Å². The predicted octanol–water partition coefficient (Wildman–Crippen LogP) is 3.60. The van der Waals surface area contributed by atoms with Crippen molar-refractivity contribution in [1.82, 2.24) is 10.2 Å². The van der Waals surface area contributed by atoms with Gasteiger partial charge in [0.25, 0.3) is 0 Å². The number of guanidine groups is 1. The van der Waals surface area contributed by atoms with Crippen molar-refractivity contribution in [2.75, 3.05) is 39.1 Å². The maximum Gasteiger partial charge on any atom is 0.193 e. The van der Waals surface area contributed by atoms with Crippen LogP contribution in [0.3, 0.4) is 0 Å². The van der Waals surface area contributed by atoms with Gasteiger partial charge in [-0.25, -0.2) is 0 Å². The summed E-state index contributed by atoms with van der Waals surface area (Å²) in [5.41, 5.74) is 2.47. The molecule has 2 rings (SSSR count). The zero-order valence-electron chi connectivity index (χ0n) is 15.5. The third-order valence-corrected chi connectivity index (χ3v) is 3.74. The summed E-state index contributed by atoms with van der Waals surface area (Å²) < 4.78 is 5.36. The highest BCUT2D eigenvalue weighted by atomic mass is 127. The van der Waals surface area contributed by atoms with E-state index in [4.69, 9.17) is 9.41 Å². The van der Waals surface area contributed by atoms with E-state index in [0.29, 0.717) is 6.54 Å². The number of hydrogen-bond donors (Lipinski definition) is 1. The number of aliphatic imine (C=N–C) groups is 1. The average molecular weight is 456 g/mol. The first-order valence-electron chi connectivity index (χ1n) is 8.38. The van der Waals surface area contributed by atoms with Crippen molar-refractivity contribution in [1.29, 1.82) is 0 Å². The van der Waals surface area contributed by atoms with Crippen molar-refractivity contribution in [2.24, 2.45) is 4.99 Å². The Hall–Kier alpha value is -1.70. The van der Waals surface area contributed by atoms with E-state index in [9.17, 15) is 0 Å². The lowest BCUT2D eigenvalue weighted by Gasteiger charge is -2.23. The molecule has 0 aliphatic rings. The summed E-state index contributed by atoms with van der Waals surface area (Å²) in [5.74, 6) is 1.88. The number of nitrogens with zero attached hydrogens (tertiary/aromatic N) is 3. The van der Waals surface area contributed by atoms with Gasteiger partial charge in [-0.15, -0.1) is 24.0 Å². The quantitative estimate of drug-likeness (QED) is 0.393. The van der Waals surface area contributed by atoms with Crippen LogP contribution in [0.1, 0.15) is 18.2 Å². The lowest BCUT2D eigenvalue weighted by Crippen LogP contribution is -2.38. The van der Waals surface area contributed by atoms with Crippen molar-refractivity contribution in [3.05, 3.63) is 54.0 Å². The number of furan rings is 1. The molecular formula is C19H29IN4O. The van der Waals surface area contributed by atoms with Gasteiger partial charge < -0.3 is 19.5 Å². The molecule has 1 aromatic carbocycles. The van der Waals surface area contributed by atoms with Gasteiger partial charge in [0, 0.05) is 52.9 Å². The van der Waals surface area contributed by atoms with E-state index in [2.05, 4.69) is 67.4 Å². The van der Waals surface area contributed by atoms with E-state index in [1.807, 2.05) is 12.1 Å². The lowest BCUT2D eigenvalue weighted by molar-refractivity contribution is 0.474. The zero-order valence-corrected chi connectivity index (χ0v) is 17.9. The minimum Gasteiger partial charge on any atom is -0.469 e. The third-order valence-electron chi connectivity index (χ3n) is 3.74. The van der Waals surface area contributed by atoms with Gasteiger partial charge in [-0.1, -0.05) is 12.1 Å². The van der Waals surface area contributed by atoms with Crippen LogP contribution in [0.2, 0.25) is 0 Å². The molecule has 138 valence electrons. The van der Waals surface area contributed by atoms with Gasteiger partial charge in [0.15, 0.2) is 5.96 Å². The molecule has 0 saturated carbocycles. The Morgan fingerprint density at radius 2 is 1.96 bits per heavy atom. The largest absolute Gasteiger partial charge is 0.469 e. The number of benzene rings is 1. The molecule has 0 unspecified atom stereocenters. The van der Waals surface area contributed by atoms with Crippen molar-refractivity contribution in [3.8, 4) is 0 Å². The molecule has 5 nitrogen and oxygen atoms in total. The summed E-state index contributed by atoms with van der Waals surface area (Å²) in [5, 5.41) is 3.36. The molecule has 1 N–H and O–H groups in total. The van der Waals surface area contributed by atoms with Gasteiger partial charge in [0.2, 0.25) is 0 Å². The first kappa shape index (κ1) is 21.3. The summed E-state index contributed by atoms with van der Waals surface area (Å²) in [4.78, 5) is 8.97. The van der Waals surface area contributed by atoms with Gasteiger partial charge in [0.05, 0.1) is 6.26 Å². The van der Waals surface area contributed by atoms with Crippen LogP contribution < -0.4 is 10.2 Å². The number of nitrogens with one attached hydrogen (secondary N) is 1. The highest BCUT2D eigenvalue weighted by Crippen LogP contribution is 2.14. The number of anilines is 1. The zero-order chi connectivity index (χ0) is 17.4. The Morgan fingerprint density at radius 3 is 2.60 bits per heavy atom. The maximum absolute atomic E-state index is 5.36. The molecule has 0 aliphatic carbocycles. The molecule has 6 heteroatoms. The van der Waals surface area contributed by atoms with Crippen molar-refractivity contribution >= 4 is 35.6 Å². The molecule has 0 amide bonds. The molecule has 1 heterocycles. The normalized spacial score (nSPS) is 11.0. The Kier molecular flexibility index (Phi) is 9.41. The Bertz CT molecular complexity index is 641. The first-order chi connectivity index (χ1) is 11.6. The van der Waals surface area contributed by atoms with Gasteiger partial charge in [-0.3, -0.25) is 4.99 Å². The topological polar surface area (TPSA) is 44.0 Å². The van der Waals surface area contributed by atoms with E-state index >= 15 is 0 Å². The molecule has 0 fully saturated rings. The van der Waals surface area contributed by atoms with E-state index in [-0.39, 0.29) is 24.0 Å². The second-order valence-electron chi connectivity index (χ2n) is 5.99. The highest BCUT2D eigenvalue weighted by molar-refractivity contribution is 14.0. The van der Waals surface area contributed by atoms with Gasteiger partial charge in [-0.2, -0.15) is 0 Å². The summed E-state index contributed by atoms with van der Waals surface area (Å²) in [6.45, 7) is 4.45. The van der Waals surface area contributed by atoms with Crippen LogP contribution in [0.25, 0.3) is 0 Å². The van der Waals surface area contributed by atoms with Crippen LogP contribution in [0.4, 0.5) is 5.69 Å². The molecule has 0 aliphatic heterocycles. The molecule has 0 atom stereocenters. The summed E-state index contributed by atoms with van der Waals surface area (Å²) in [6.07, 6.45) is 2.51. The van der Waals surface area contributed by atoms with Crippen molar-refractivity contribution in [2.45, 2.75) is 19.9 Å². The summed E-state index contributed by atoms with van der Waals surface area (Å²) in [6, 6.07) is 12.5. The smallest absolute Gasteiger partial charge is 0.193 e. The van der Waals surface area contributed by atoms with Crippen molar-refractivity contribution < 1.29 is 4.42 Å². The molecule has 0 saturated heterocycles. The standard InChI is InChI=1S/C19H28N4O.HI/c1-5-20-19(21-12-11-18-10-7-13-24-18)23(4)15-16-8-6-9-17(14-16)22(2)3;/h6-10,13-14H,5,11-12,15H2,1-4H3,(H,20,21);1H. The Morgan fingerprint density at radius 1 is 1.16 bits per heavy atom. The highest BCUT2D eigenvalue weighted by Gasteiger charge is 2.07.